The van der Waals surface area contributed by atoms with Crippen LogP contribution in [0.5, 0.6) is 0 Å². The molecule has 19 heavy (non-hydrogen) atoms. The standard InChI is InChI=1S/C10H19N3O5S/c1-4(11)8(15)12-6(3-19)9(16)13-7(5(2)14)10(17)18/h4-7,14,19H,3,11H2,1-2H3,(H,12,15)(H,13,16)(H,17,18). The van der Waals surface area contributed by atoms with Crippen molar-refractivity contribution in [1.82, 2.24) is 10.6 Å². The predicted molar refractivity (Wildman–Crippen MR) is 70.7 cm³/mol. The topological polar surface area (TPSA) is 142 Å². The molecule has 110 valence electrons. The monoisotopic (exact) mass is 293 g/mol. The third kappa shape index (κ3) is 5.90. The Labute approximate surface area is 116 Å². The summed E-state index contributed by atoms with van der Waals surface area (Å²) in [5.41, 5.74) is 5.33. The van der Waals surface area contributed by atoms with Gasteiger partial charge in [-0.25, -0.2) is 4.79 Å². The van der Waals surface area contributed by atoms with E-state index in [4.69, 9.17) is 10.8 Å². The fourth-order valence-corrected chi connectivity index (χ4v) is 1.40. The number of aliphatic hydroxyl groups excluding tert-OH is 1. The minimum Gasteiger partial charge on any atom is -0.480 e. The number of carboxylic acid groups (broad SMARTS) is 1. The van der Waals surface area contributed by atoms with E-state index in [-0.39, 0.29) is 5.75 Å². The lowest BCUT2D eigenvalue weighted by atomic mass is 10.1. The van der Waals surface area contributed by atoms with Crippen LogP contribution in [-0.2, 0) is 14.4 Å². The molecule has 0 aliphatic heterocycles. The molecule has 0 heterocycles. The maximum atomic E-state index is 11.8. The van der Waals surface area contributed by atoms with Gasteiger partial charge in [-0.1, -0.05) is 0 Å². The second-order valence-electron chi connectivity index (χ2n) is 4.10. The van der Waals surface area contributed by atoms with Crippen LogP contribution < -0.4 is 16.4 Å². The number of carbonyl (C=O) groups excluding carboxylic acids is 2. The molecular weight excluding hydrogens is 274 g/mol. The summed E-state index contributed by atoms with van der Waals surface area (Å²) in [6.07, 6.45) is -1.27. The van der Waals surface area contributed by atoms with Crippen LogP contribution in [0.25, 0.3) is 0 Å². The highest BCUT2D eigenvalue weighted by Gasteiger charge is 2.29. The molecule has 0 aromatic carbocycles. The van der Waals surface area contributed by atoms with E-state index in [0.717, 1.165) is 0 Å². The van der Waals surface area contributed by atoms with Gasteiger partial charge in [0.05, 0.1) is 12.1 Å². The predicted octanol–water partition coefficient (Wildman–Crippen LogP) is -2.30. The summed E-state index contributed by atoms with van der Waals surface area (Å²) in [7, 11) is 0. The Hall–Kier alpha value is -1.32. The minimum atomic E-state index is -1.46. The molecule has 0 rings (SSSR count). The molecule has 2 amide bonds. The fraction of sp³-hybridized carbons (Fsp3) is 0.700. The van der Waals surface area contributed by atoms with Crippen LogP contribution in [0, 0.1) is 0 Å². The van der Waals surface area contributed by atoms with E-state index in [2.05, 4.69) is 23.3 Å². The third-order valence-electron chi connectivity index (χ3n) is 2.28. The number of nitrogens with one attached hydrogen (secondary N) is 2. The lowest BCUT2D eigenvalue weighted by Crippen LogP contribution is -2.56. The lowest BCUT2D eigenvalue weighted by molar-refractivity contribution is -0.145. The van der Waals surface area contributed by atoms with Crippen molar-refractivity contribution in [3.8, 4) is 0 Å². The first-order valence-electron chi connectivity index (χ1n) is 5.58. The first-order valence-corrected chi connectivity index (χ1v) is 6.22. The zero-order valence-corrected chi connectivity index (χ0v) is 11.6. The molecule has 0 saturated heterocycles. The molecule has 0 aromatic rings. The van der Waals surface area contributed by atoms with Gasteiger partial charge in [0, 0.05) is 5.75 Å². The summed E-state index contributed by atoms with van der Waals surface area (Å²) in [6.45, 7) is 2.67. The molecule has 0 aromatic heterocycles. The van der Waals surface area contributed by atoms with Gasteiger partial charge >= 0.3 is 5.97 Å². The van der Waals surface area contributed by atoms with Crippen molar-refractivity contribution in [3.05, 3.63) is 0 Å². The quantitative estimate of drug-likeness (QED) is 0.291. The Morgan fingerprint density at radius 2 is 1.74 bits per heavy atom. The van der Waals surface area contributed by atoms with Gasteiger partial charge in [0.15, 0.2) is 6.04 Å². The van der Waals surface area contributed by atoms with Crippen LogP contribution in [0.3, 0.4) is 0 Å². The molecule has 4 unspecified atom stereocenters. The number of carbonyl (C=O) groups is 3. The van der Waals surface area contributed by atoms with Crippen molar-refractivity contribution in [1.29, 1.82) is 0 Å². The van der Waals surface area contributed by atoms with E-state index < -0.39 is 42.0 Å². The molecule has 6 N–H and O–H groups in total. The van der Waals surface area contributed by atoms with Crippen molar-refractivity contribution >= 4 is 30.4 Å². The Balaban J connectivity index is 4.67. The average Bonchev–Trinajstić information content (AvgIpc) is 2.31. The normalized spacial score (nSPS) is 16.9. The fourth-order valence-electron chi connectivity index (χ4n) is 1.14. The Morgan fingerprint density at radius 3 is 2.05 bits per heavy atom. The summed E-state index contributed by atoms with van der Waals surface area (Å²) in [5.74, 6) is -2.72. The summed E-state index contributed by atoms with van der Waals surface area (Å²) < 4.78 is 0. The number of rotatable bonds is 7. The number of aliphatic carboxylic acids is 1. The number of hydrogen-bond donors (Lipinski definition) is 6. The number of nitrogens with two attached hydrogens (primary N) is 1. The molecule has 9 heteroatoms. The number of aliphatic hydroxyl groups is 1. The van der Waals surface area contributed by atoms with Gasteiger partial charge in [0.2, 0.25) is 11.8 Å². The van der Waals surface area contributed by atoms with Gasteiger partial charge in [0.1, 0.15) is 6.04 Å². The van der Waals surface area contributed by atoms with E-state index in [9.17, 15) is 19.5 Å². The molecule has 8 nitrogen and oxygen atoms in total. The van der Waals surface area contributed by atoms with Gasteiger partial charge in [-0.05, 0) is 13.8 Å². The SMILES string of the molecule is CC(N)C(=O)NC(CS)C(=O)NC(C(=O)O)C(C)O. The largest absolute Gasteiger partial charge is 0.480 e. The van der Waals surface area contributed by atoms with Gasteiger partial charge in [-0.3, -0.25) is 9.59 Å². The van der Waals surface area contributed by atoms with E-state index in [1.807, 2.05) is 0 Å². The number of hydrogen-bond acceptors (Lipinski definition) is 6. The first kappa shape index (κ1) is 17.7. The van der Waals surface area contributed by atoms with Crippen LogP contribution in [0.15, 0.2) is 0 Å². The molecule has 0 aliphatic rings. The lowest BCUT2D eigenvalue weighted by Gasteiger charge is -2.22. The molecule has 0 aliphatic carbocycles. The average molecular weight is 293 g/mol. The maximum absolute atomic E-state index is 11.8. The third-order valence-corrected chi connectivity index (χ3v) is 2.64. The molecule has 0 saturated carbocycles. The molecule has 4 atom stereocenters. The summed E-state index contributed by atoms with van der Waals surface area (Å²) >= 11 is 3.90. The second kappa shape index (κ2) is 7.97. The van der Waals surface area contributed by atoms with Crippen molar-refractivity contribution in [3.63, 3.8) is 0 Å². The van der Waals surface area contributed by atoms with Crippen molar-refractivity contribution in [2.24, 2.45) is 5.73 Å². The zero-order valence-electron chi connectivity index (χ0n) is 10.7. The molecule has 0 spiro atoms. The van der Waals surface area contributed by atoms with E-state index >= 15 is 0 Å². The smallest absolute Gasteiger partial charge is 0.328 e. The molecule has 0 fully saturated rings. The zero-order chi connectivity index (χ0) is 15.2. The Morgan fingerprint density at radius 1 is 1.21 bits per heavy atom. The van der Waals surface area contributed by atoms with Gasteiger partial charge in [0.25, 0.3) is 0 Å². The van der Waals surface area contributed by atoms with Crippen molar-refractivity contribution in [2.75, 3.05) is 5.75 Å². The molecule has 0 bridgehead atoms. The molecular formula is C10H19N3O5S. The number of carboxylic acids is 1. The van der Waals surface area contributed by atoms with E-state index in [1.54, 1.807) is 0 Å². The number of thiol groups is 1. The highest BCUT2D eigenvalue weighted by atomic mass is 32.1. The Bertz CT molecular complexity index is 348. The highest BCUT2D eigenvalue weighted by Crippen LogP contribution is 1.97. The van der Waals surface area contributed by atoms with Gasteiger partial charge in [-0.15, -0.1) is 0 Å². The van der Waals surface area contributed by atoms with Gasteiger partial charge in [-0.2, -0.15) is 12.6 Å². The van der Waals surface area contributed by atoms with Crippen LogP contribution in [0.2, 0.25) is 0 Å². The first-order chi connectivity index (χ1) is 8.70. The minimum absolute atomic E-state index is 0.0313. The summed E-state index contributed by atoms with van der Waals surface area (Å²) in [6, 6.07) is -3.29. The summed E-state index contributed by atoms with van der Waals surface area (Å²) in [5, 5.41) is 22.5. The Kier molecular flexibility index (Phi) is 7.42. The number of amides is 2. The van der Waals surface area contributed by atoms with E-state index in [0.29, 0.717) is 0 Å². The van der Waals surface area contributed by atoms with Crippen LogP contribution >= 0.6 is 12.6 Å². The second-order valence-corrected chi connectivity index (χ2v) is 4.46. The van der Waals surface area contributed by atoms with Crippen LogP contribution in [0.4, 0.5) is 0 Å². The highest BCUT2D eigenvalue weighted by molar-refractivity contribution is 7.80. The van der Waals surface area contributed by atoms with Crippen LogP contribution in [-0.4, -0.2) is 58.0 Å². The van der Waals surface area contributed by atoms with Crippen molar-refractivity contribution in [2.45, 2.75) is 38.1 Å². The van der Waals surface area contributed by atoms with E-state index in [1.165, 1.54) is 13.8 Å². The maximum Gasteiger partial charge on any atom is 0.328 e. The van der Waals surface area contributed by atoms with Crippen LogP contribution in [0.1, 0.15) is 13.8 Å². The molecule has 0 radical (unpaired) electrons. The summed E-state index contributed by atoms with van der Waals surface area (Å²) in [4.78, 5) is 33.9. The van der Waals surface area contributed by atoms with Gasteiger partial charge < -0.3 is 26.6 Å². The van der Waals surface area contributed by atoms with Crippen molar-refractivity contribution < 1.29 is 24.6 Å².